The van der Waals surface area contributed by atoms with Crippen molar-refractivity contribution in [3.63, 3.8) is 0 Å². The lowest BCUT2D eigenvalue weighted by Crippen LogP contribution is -2.46. The average molecular weight is 447 g/mol. The van der Waals surface area contributed by atoms with Crippen LogP contribution < -0.4 is 10.1 Å². The van der Waals surface area contributed by atoms with E-state index in [1.807, 2.05) is 0 Å². The molecule has 1 N–H and O–H groups in total. The van der Waals surface area contributed by atoms with Gasteiger partial charge >= 0.3 is 18.7 Å². The van der Waals surface area contributed by atoms with E-state index in [0.717, 1.165) is 6.07 Å². The lowest BCUT2D eigenvalue weighted by Gasteiger charge is -2.36. The SMILES string of the molecule is Cl.Cl.FC(F)C(F)(F)Oc1ccccc1[C@H](CC(F)(F)F)N1CCNCC1. The van der Waals surface area contributed by atoms with Gasteiger partial charge in [-0.25, -0.2) is 0 Å². The summed E-state index contributed by atoms with van der Waals surface area (Å²) in [5, 5.41) is 2.98. The number of nitrogens with zero attached hydrogens (tertiary/aromatic N) is 1. The van der Waals surface area contributed by atoms with E-state index >= 15 is 0 Å². The van der Waals surface area contributed by atoms with Crippen LogP contribution in [0.1, 0.15) is 18.0 Å². The summed E-state index contributed by atoms with van der Waals surface area (Å²) < 4.78 is 94.3. The molecule has 0 radical (unpaired) electrons. The summed E-state index contributed by atoms with van der Waals surface area (Å²) in [6, 6.07) is 3.45. The van der Waals surface area contributed by atoms with E-state index in [1.165, 1.54) is 23.1 Å². The zero-order valence-corrected chi connectivity index (χ0v) is 15.5. The minimum absolute atomic E-state index is 0. The molecule has 0 bridgehead atoms. The molecule has 1 aliphatic rings. The first kappa shape index (κ1) is 26.0. The summed E-state index contributed by atoms with van der Waals surface area (Å²) in [5.41, 5.74) is -0.193. The van der Waals surface area contributed by atoms with Gasteiger partial charge in [-0.3, -0.25) is 4.90 Å². The summed E-state index contributed by atoms with van der Waals surface area (Å²) >= 11 is 0. The third kappa shape index (κ3) is 7.52. The smallest absolute Gasteiger partial charge is 0.428 e. The standard InChI is InChI=1S/C15H17F7N2O.2ClH/c16-13(17)15(21,22)25-12-4-2-1-3-10(12)11(9-14(18,19)20)24-7-5-23-6-8-24;;/h1-4,11,13,23H,5-9H2;2*1H/t11-;;/m0../s1. The number of hydrogen-bond donors (Lipinski definition) is 1. The number of halogens is 9. The molecule has 1 atom stereocenters. The fourth-order valence-corrected chi connectivity index (χ4v) is 2.69. The lowest BCUT2D eigenvalue weighted by atomic mass is 9.99. The van der Waals surface area contributed by atoms with Crippen molar-refractivity contribution < 1.29 is 35.5 Å². The summed E-state index contributed by atoms with van der Waals surface area (Å²) in [6.45, 7) is 1.40. The Balaban J connectivity index is 0.00000338. The molecule has 27 heavy (non-hydrogen) atoms. The largest absolute Gasteiger partial charge is 0.461 e. The van der Waals surface area contributed by atoms with E-state index in [4.69, 9.17) is 0 Å². The minimum Gasteiger partial charge on any atom is -0.428 e. The van der Waals surface area contributed by atoms with E-state index in [1.54, 1.807) is 0 Å². The molecule has 1 aliphatic heterocycles. The van der Waals surface area contributed by atoms with Crippen molar-refractivity contribution in [1.29, 1.82) is 0 Å². The van der Waals surface area contributed by atoms with Gasteiger partial charge in [-0.15, -0.1) is 24.8 Å². The van der Waals surface area contributed by atoms with Crippen molar-refractivity contribution in [3.8, 4) is 5.75 Å². The van der Waals surface area contributed by atoms with Crippen LogP contribution in [0.5, 0.6) is 5.75 Å². The highest BCUT2D eigenvalue weighted by Crippen LogP contribution is 2.40. The second-order valence-electron chi connectivity index (χ2n) is 5.62. The van der Waals surface area contributed by atoms with Crippen LogP contribution >= 0.6 is 24.8 Å². The van der Waals surface area contributed by atoms with Gasteiger partial charge in [0.15, 0.2) is 0 Å². The number of ether oxygens (including phenoxy) is 1. The second kappa shape index (κ2) is 10.5. The van der Waals surface area contributed by atoms with Crippen LogP contribution in [0.4, 0.5) is 30.7 Å². The van der Waals surface area contributed by atoms with Crippen LogP contribution in [0.25, 0.3) is 0 Å². The van der Waals surface area contributed by atoms with Crippen LogP contribution in [-0.2, 0) is 0 Å². The van der Waals surface area contributed by atoms with Gasteiger partial charge in [-0.1, -0.05) is 18.2 Å². The van der Waals surface area contributed by atoms with Gasteiger partial charge in [-0.05, 0) is 6.07 Å². The molecule has 2 rings (SSSR count). The number of hydrogen-bond acceptors (Lipinski definition) is 3. The third-order valence-corrected chi connectivity index (χ3v) is 3.80. The maximum absolute atomic E-state index is 13.2. The number of nitrogens with one attached hydrogen (secondary N) is 1. The molecular formula is C15H19Cl2F7N2O. The molecule has 0 aromatic heterocycles. The monoisotopic (exact) mass is 446 g/mol. The maximum Gasteiger partial charge on any atom is 0.461 e. The molecule has 0 spiro atoms. The van der Waals surface area contributed by atoms with Gasteiger partial charge in [0, 0.05) is 37.8 Å². The van der Waals surface area contributed by atoms with Crippen molar-refractivity contribution in [3.05, 3.63) is 29.8 Å². The van der Waals surface area contributed by atoms with Gasteiger partial charge in [-0.2, -0.15) is 30.7 Å². The topological polar surface area (TPSA) is 24.5 Å². The van der Waals surface area contributed by atoms with Crippen molar-refractivity contribution in [2.24, 2.45) is 0 Å². The molecule has 0 amide bonds. The Hall–Kier alpha value is -0.970. The first-order chi connectivity index (χ1) is 11.6. The molecule has 1 fully saturated rings. The molecular weight excluding hydrogens is 428 g/mol. The molecule has 1 aromatic rings. The predicted octanol–water partition coefficient (Wildman–Crippen LogP) is 4.67. The summed E-state index contributed by atoms with van der Waals surface area (Å²) in [6.07, 6.45) is -14.7. The number of rotatable bonds is 6. The second-order valence-corrected chi connectivity index (χ2v) is 5.62. The Bertz CT molecular complexity index is 569. The molecule has 3 nitrogen and oxygen atoms in total. The third-order valence-electron chi connectivity index (χ3n) is 3.80. The zero-order chi connectivity index (χ0) is 18.7. The van der Waals surface area contributed by atoms with Gasteiger partial charge < -0.3 is 10.1 Å². The van der Waals surface area contributed by atoms with Crippen molar-refractivity contribution in [2.75, 3.05) is 26.2 Å². The van der Waals surface area contributed by atoms with Gasteiger partial charge in [0.05, 0.1) is 6.42 Å². The first-order valence-corrected chi connectivity index (χ1v) is 7.55. The number of piperazine rings is 1. The molecule has 1 saturated heterocycles. The van der Waals surface area contributed by atoms with Crippen LogP contribution in [0.15, 0.2) is 24.3 Å². The van der Waals surface area contributed by atoms with Crippen molar-refractivity contribution >= 4 is 24.8 Å². The van der Waals surface area contributed by atoms with Crippen LogP contribution in [0.2, 0.25) is 0 Å². The van der Waals surface area contributed by atoms with Crippen molar-refractivity contribution in [1.82, 2.24) is 10.2 Å². The number of benzene rings is 1. The maximum atomic E-state index is 13.2. The van der Waals surface area contributed by atoms with Gasteiger partial charge in [0.2, 0.25) is 0 Å². The molecule has 158 valence electrons. The van der Waals surface area contributed by atoms with E-state index in [0.29, 0.717) is 13.1 Å². The Labute approximate surface area is 164 Å². The lowest BCUT2D eigenvalue weighted by molar-refractivity contribution is -0.253. The van der Waals surface area contributed by atoms with E-state index in [2.05, 4.69) is 10.1 Å². The molecule has 0 unspecified atom stereocenters. The molecule has 1 heterocycles. The zero-order valence-electron chi connectivity index (χ0n) is 13.8. The molecule has 0 aliphatic carbocycles. The fraction of sp³-hybridized carbons (Fsp3) is 0.600. The summed E-state index contributed by atoms with van der Waals surface area (Å²) in [5.74, 6) is -0.680. The van der Waals surface area contributed by atoms with Crippen LogP contribution in [0, 0.1) is 0 Å². The quantitative estimate of drug-likeness (QED) is 0.642. The highest BCUT2D eigenvalue weighted by molar-refractivity contribution is 5.85. The Morgan fingerprint density at radius 2 is 1.56 bits per heavy atom. The predicted molar refractivity (Wildman–Crippen MR) is 90.4 cm³/mol. The average Bonchev–Trinajstić information content (AvgIpc) is 2.53. The molecule has 12 heteroatoms. The Morgan fingerprint density at radius 3 is 2.07 bits per heavy atom. The van der Waals surface area contributed by atoms with Crippen LogP contribution in [-0.4, -0.2) is 49.8 Å². The normalized spacial score (nSPS) is 17.0. The Kier molecular flexibility index (Phi) is 10.2. The number of para-hydroxylation sites is 1. The highest BCUT2D eigenvalue weighted by atomic mass is 35.5. The molecule has 1 aromatic carbocycles. The first-order valence-electron chi connectivity index (χ1n) is 7.55. The summed E-state index contributed by atoms with van der Waals surface area (Å²) in [4.78, 5) is 1.48. The van der Waals surface area contributed by atoms with E-state index in [9.17, 15) is 30.7 Å². The van der Waals surface area contributed by atoms with E-state index < -0.39 is 36.9 Å². The Morgan fingerprint density at radius 1 is 1.00 bits per heavy atom. The van der Waals surface area contributed by atoms with E-state index in [-0.39, 0.29) is 43.5 Å². The fourth-order valence-electron chi connectivity index (χ4n) is 2.69. The van der Waals surface area contributed by atoms with Crippen molar-refractivity contribution in [2.45, 2.75) is 31.2 Å². The highest BCUT2D eigenvalue weighted by Gasteiger charge is 2.45. The molecule has 0 saturated carbocycles. The summed E-state index contributed by atoms with van der Waals surface area (Å²) in [7, 11) is 0. The minimum atomic E-state index is -4.79. The number of alkyl halides is 7. The van der Waals surface area contributed by atoms with Crippen LogP contribution in [0.3, 0.4) is 0 Å². The van der Waals surface area contributed by atoms with Gasteiger partial charge in [0.25, 0.3) is 0 Å². The van der Waals surface area contributed by atoms with Gasteiger partial charge in [0.1, 0.15) is 5.75 Å².